The van der Waals surface area contributed by atoms with E-state index in [0.717, 1.165) is 11.8 Å². The maximum Gasteiger partial charge on any atom is -0.00210 e. The van der Waals surface area contributed by atoms with Crippen molar-refractivity contribution in [2.75, 3.05) is 13.6 Å². The van der Waals surface area contributed by atoms with Gasteiger partial charge in [0.05, 0.1) is 0 Å². The first-order valence-electron chi connectivity index (χ1n) is 10.5. The molecule has 0 heterocycles. The molecule has 1 N–H and O–H groups in total. The van der Waals surface area contributed by atoms with Crippen LogP contribution in [0.1, 0.15) is 110 Å². The average molecular weight is 310 g/mol. The molecular weight excluding hydrogens is 266 g/mol. The van der Waals surface area contributed by atoms with E-state index in [9.17, 15) is 0 Å². The largest absolute Gasteiger partial charge is 0.319 e. The normalized spacial score (nSPS) is 23.2. The molecule has 1 aliphatic carbocycles. The minimum absolute atomic E-state index is 0.906. The Balaban J connectivity index is 2.37. The molecule has 0 radical (unpaired) electrons. The van der Waals surface area contributed by atoms with Gasteiger partial charge >= 0.3 is 0 Å². The topological polar surface area (TPSA) is 12.0 Å². The molecule has 1 fully saturated rings. The molecule has 1 saturated carbocycles. The lowest BCUT2D eigenvalue weighted by atomic mass is 9.82. The van der Waals surface area contributed by atoms with Crippen LogP contribution in [-0.4, -0.2) is 13.6 Å². The Morgan fingerprint density at radius 2 is 1.05 bits per heavy atom. The van der Waals surface area contributed by atoms with Crippen molar-refractivity contribution in [3.05, 3.63) is 0 Å². The van der Waals surface area contributed by atoms with Crippen molar-refractivity contribution in [1.82, 2.24) is 5.32 Å². The van der Waals surface area contributed by atoms with E-state index in [1.807, 2.05) is 0 Å². The maximum atomic E-state index is 3.44. The Morgan fingerprint density at radius 1 is 0.682 bits per heavy atom. The summed E-state index contributed by atoms with van der Waals surface area (Å²) in [6.45, 7) is 3.61. The highest BCUT2D eigenvalue weighted by Crippen LogP contribution is 2.28. The highest BCUT2D eigenvalue weighted by molar-refractivity contribution is 4.71. The first-order valence-corrected chi connectivity index (χ1v) is 10.5. The molecule has 0 aromatic carbocycles. The molecule has 22 heavy (non-hydrogen) atoms. The molecule has 1 nitrogen and oxygen atoms in total. The summed E-state index contributed by atoms with van der Waals surface area (Å²) in [6.07, 6.45) is 23.6. The molecule has 0 saturated heterocycles. The lowest BCUT2D eigenvalue weighted by Crippen LogP contribution is -2.25. The number of hydrogen-bond acceptors (Lipinski definition) is 1. The predicted molar refractivity (Wildman–Crippen MR) is 100 cm³/mol. The van der Waals surface area contributed by atoms with Gasteiger partial charge in [0.25, 0.3) is 0 Å². The van der Waals surface area contributed by atoms with Crippen LogP contribution in [0.15, 0.2) is 0 Å². The molecule has 0 aromatic rings. The Bertz CT molecular complexity index is 210. The Hall–Kier alpha value is -0.0400. The van der Waals surface area contributed by atoms with Crippen LogP contribution in [0, 0.1) is 11.8 Å². The standard InChI is InChI=1S/C21H43N/c1-3-20(19-22-2)21-17-15-13-11-9-7-5-4-6-8-10-12-14-16-18-21/h20-22H,3-19H2,1-2H3. The van der Waals surface area contributed by atoms with Crippen LogP contribution in [0.5, 0.6) is 0 Å². The highest BCUT2D eigenvalue weighted by Gasteiger charge is 2.18. The second-order valence-corrected chi connectivity index (χ2v) is 7.66. The van der Waals surface area contributed by atoms with E-state index in [4.69, 9.17) is 0 Å². The van der Waals surface area contributed by atoms with Gasteiger partial charge in [-0.05, 0) is 25.4 Å². The van der Waals surface area contributed by atoms with Gasteiger partial charge in [0, 0.05) is 0 Å². The van der Waals surface area contributed by atoms with E-state index < -0.39 is 0 Å². The van der Waals surface area contributed by atoms with Gasteiger partial charge in [-0.25, -0.2) is 0 Å². The molecule has 0 spiro atoms. The number of hydrogen-bond donors (Lipinski definition) is 1. The second kappa shape index (κ2) is 14.5. The van der Waals surface area contributed by atoms with Gasteiger partial charge in [-0.15, -0.1) is 0 Å². The van der Waals surface area contributed by atoms with Crippen molar-refractivity contribution in [2.45, 2.75) is 110 Å². The van der Waals surface area contributed by atoms with Crippen LogP contribution in [0.2, 0.25) is 0 Å². The molecule has 1 unspecified atom stereocenters. The summed E-state index contributed by atoms with van der Waals surface area (Å²) < 4.78 is 0. The van der Waals surface area contributed by atoms with Crippen LogP contribution < -0.4 is 5.32 Å². The van der Waals surface area contributed by atoms with Gasteiger partial charge in [0.1, 0.15) is 0 Å². The van der Waals surface area contributed by atoms with Crippen LogP contribution in [-0.2, 0) is 0 Å². The summed E-state index contributed by atoms with van der Waals surface area (Å²) in [5.41, 5.74) is 0. The van der Waals surface area contributed by atoms with E-state index in [0.29, 0.717) is 0 Å². The zero-order valence-corrected chi connectivity index (χ0v) is 15.7. The molecule has 0 aromatic heterocycles. The fraction of sp³-hybridized carbons (Fsp3) is 1.00. The molecule has 1 rings (SSSR count). The first kappa shape index (κ1) is 20.0. The quantitative estimate of drug-likeness (QED) is 0.608. The third-order valence-corrected chi connectivity index (χ3v) is 5.81. The van der Waals surface area contributed by atoms with Gasteiger partial charge in [-0.3, -0.25) is 0 Å². The zero-order chi connectivity index (χ0) is 15.9. The summed E-state index contributed by atoms with van der Waals surface area (Å²) in [7, 11) is 2.12. The van der Waals surface area contributed by atoms with Crippen LogP contribution >= 0.6 is 0 Å². The number of rotatable bonds is 4. The summed E-state index contributed by atoms with van der Waals surface area (Å²) >= 11 is 0. The zero-order valence-electron chi connectivity index (χ0n) is 15.7. The molecule has 0 amide bonds. The van der Waals surface area contributed by atoms with Crippen molar-refractivity contribution >= 4 is 0 Å². The summed E-state index contributed by atoms with van der Waals surface area (Å²) in [6, 6.07) is 0. The molecule has 1 heteroatoms. The fourth-order valence-electron chi connectivity index (χ4n) is 4.28. The maximum absolute atomic E-state index is 3.44. The van der Waals surface area contributed by atoms with Crippen molar-refractivity contribution in [2.24, 2.45) is 11.8 Å². The Kier molecular flexibility index (Phi) is 13.2. The van der Waals surface area contributed by atoms with Gasteiger partial charge in [-0.1, -0.05) is 110 Å². The highest BCUT2D eigenvalue weighted by atomic mass is 14.8. The van der Waals surface area contributed by atoms with E-state index in [1.165, 1.54) is 109 Å². The van der Waals surface area contributed by atoms with Gasteiger partial charge in [-0.2, -0.15) is 0 Å². The Morgan fingerprint density at radius 3 is 1.36 bits per heavy atom. The predicted octanol–water partition coefficient (Wildman–Crippen LogP) is 6.71. The summed E-state index contributed by atoms with van der Waals surface area (Å²) in [5.74, 6) is 1.88. The van der Waals surface area contributed by atoms with E-state index in [1.54, 1.807) is 0 Å². The van der Waals surface area contributed by atoms with Gasteiger partial charge in [0.2, 0.25) is 0 Å². The second-order valence-electron chi connectivity index (χ2n) is 7.66. The molecule has 1 atom stereocenters. The SMILES string of the molecule is CCC(CNC)C1CCCCCCCCCCCCCCC1. The van der Waals surface area contributed by atoms with Crippen molar-refractivity contribution in [3.8, 4) is 0 Å². The van der Waals surface area contributed by atoms with E-state index in [2.05, 4.69) is 19.3 Å². The lowest BCUT2D eigenvalue weighted by Gasteiger charge is -2.26. The lowest BCUT2D eigenvalue weighted by molar-refractivity contribution is 0.264. The first-order chi connectivity index (χ1) is 10.9. The monoisotopic (exact) mass is 309 g/mol. The van der Waals surface area contributed by atoms with E-state index >= 15 is 0 Å². The van der Waals surface area contributed by atoms with Crippen LogP contribution in [0.25, 0.3) is 0 Å². The average Bonchev–Trinajstić information content (AvgIpc) is 2.53. The number of nitrogens with one attached hydrogen (secondary N) is 1. The van der Waals surface area contributed by atoms with Crippen molar-refractivity contribution in [1.29, 1.82) is 0 Å². The minimum Gasteiger partial charge on any atom is -0.319 e. The summed E-state index contributed by atoms with van der Waals surface area (Å²) in [4.78, 5) is 0. The van der Waals surface area contributed by atoms with Gasteiger partial charge in [0.15, 0.2) is 0 Å². The van der Waals surface area contributed by atoms with Crippen LogP contribution in [0.3, 0.4) is 0 Å². The van der Waals surface area contributed by atoms with E-state index in [-0.39, 0.29) is 0 Å². The summed E-state index contributed by atoms with van der Waals surface area (Å²) in [5, 5.41) is 3.44. The smallest absolute Gasteiger partial charge is 0.00210 e. The molecular formula is C21H43N. The minimum atomic E-state index is 0.906. The third-order valence-electron chi connectivity index (χ3n) is 5.81. The van der Waals surface area contributed by atoms with Crippen molar-refractivity contribution in [3.63, 3.8) is 0 Å². The molecule has 132 valence electrons. The fourth-order valence-corrected chi connectivity index (χ4v) is 4.28. The molecule has 0 aliphatic heterocycles. The molecule has 0 bridgehead atoms. The van der Waals surface area contributed by atoms with Gasteiger partial charge < -0.3 is 5.32 Å². The Labute approximate surface area is 141 Å². The molecule has 1 aliphatic rings. The third kappa shape index (κ3) is 9.87. The van der Waals surface area contributed by atoms with Crippen LogP contribution in [0.4, 0.5) is 0 Å². The van der Waals surface area contributed by atoms with Crippen molar-refractivity contribution < 1.29 is 0 Å².